The van der Waals surface area contributed by atoms with Crippen molar-refractivity contribution >= 4 is 11.9 Å². The minimum Gasteiger partial charge on any atom is -0.451 e. The number of nitrogens with one attached hydrogen (secondary N) is 1. The number of rotatable bonds is 5. The highest BCUT2D eigenvalue weighted by molar-refractivity contribution is 5.89. The van der Waals surface area contributed by atoms with E-state index >= 15 is 0 Å². The van der Waals surface area contributed by atoms with Gasteiger partial charge in [-0.1, -0.05) is 18.2 Å². The van der Waals surface area contributed by atoms with Crippen LogP contribution in [0.4, 0.5) is 0 Å². The van der Waals surface area contributed by atoms with E-state index in [4.69, 9.17) is 4.74 Å². The van der Waals surface area contributed by atoms with Gasteiger partial charge < -0.3 is 10.1 Å². The normalized spacial score (nSPS) is 14.3. The van der Waals surface area contributed by atoms with Crippen molar-refractivity contribution in [2.24, 2.45) is 0 Å². The van der Waals surface area contributed by atoms with Crippen LogP contribution in [0.2, 0.25) is 0 Å². The average Bonchev–Trinajstić information content (AvgIpc) is 2.66. The van der Waals surface area contributed by atoms with Gasteiger partial charge >= 0.3 is 5.97 Å². The molecule has 0 aliphatic heterocycles. The summed E-state index contributed by atoms with van der Waals surface area (Å²) < 4.78 is 4.96. The van der Waals surface area contributed by atoms with Crippen LogP contribution in [0.3, 0.4) is 0 Å². The Hall–Kier alpha value is -2.76. The summed E-state index contributed by atoms with van der Waals surface area (Å²) in [7, 11) is 0. The maximum Gasteiger partial charge on any atom is 0.359 e. The van der Waals surface area contributed by atoms with E-state index in [0.717, 1.165) is 18.4 Å². The Kier molecular flexibility index (Phi) is 5.38. The molecule has 0 unspecified atom stereocenters. The van der Waals surface area contributed by atoms with E-state index in [9.17, 15) is 9.59 Å². The van der Waals surface area contributed by atoms with Gasteiger partial charge in [0.2, 0.25) is 0 Å². The quantitative estimate of drug-likeness (QED) is 0.846. The summed E-state index contributed by atoms with van der Waals surface area (Å²) in [4.78, 5) is 31.4. The van der Waals surface area contributed by atoms with Crippen molar-refractivity contribution in [2.45, 2.75) is 38.6 Å². The Balaban J connectivity index is 1.53. The van der Waals surface area contributed by atoms with Crippen molar-refractivity contribution < 1.29 is 14.3 Å². The first-order valence-corrected chi connectivity index (χ1v) is 8.47. The molecule has 1 aromatic carbocycles. The average molecular weight is 339 g/mol. The molecule has 0 saturated carbocycles. The molecule has 0 spiro atoms. The SMILES string of the molecule is C[C@@H](NC(=O)COC(=O)c1cnccn1)c1ccc2c(c1)CCCC2. The summed E-state index contributed by atoms with van der Waals surface area (Å²) in [5.41, 5.74) is 3.93. The number of benzene rings is 1. The number of esters is 1. The van der Waals surface area contributed by atoms with Crippen LogP contribution in [-0.2, 0) is 22.4 Å². The fourth-order valence-electron chi connectivity index (χ4n) is 3.00. The number of aryl methyl sites for hydroxylation is 2. The monoisotopic (exact) mass is 339 g/mol. The van der Waals surface area contributed by atoms with Crippen molar-refractivity contribution in [1.82, 2.24) is 15.3 Å². The molecule has 1 aliphatic carbocycles. The van der Waals surface area contributed by atoms with Crippen molar-refractivity contribution in [1.29, 1.82) is 0 Å². The lowest BCUT2D eigenvalue weighted by Crippen LogP contribution is -2.31. The molecule has 1 amide bonds. The highest BCUT2D eigenvalue weighted by Crippen LogP contribution is 2.24. The van der Waals surface area contributed by atoms with Gasteiger partial charge in [0.1, 0.15) is 0 Å². The van der Waals surface area contributed by atoms with Crippen molar-refractivity contribution in [3.63, 3.8) is 0 Å². The van der Waals surface area contributed by atoms with Crippen LogP contribution in [-0.4, -0.2) is 28.5 Å². The Morgan fingerprint density at radius 3 is 2.76 bits per heavy atom. The third kappa shape index (κ3) is 4.41. The number of carbonyl (C=O) groups is 2. The highest BCUT2D eigenvalue weighted by Gasteiger charge is 2.16. The maximum absolute atomic E-state index is 12.0. The third-order valence-corrected chi connectivity index (χ3v) is 4.36. The standard InChI is InChI=1S/C19H21N3O3/c1-13(15-7-6-14-4-2-3-5-16(14)10-15)22-18(23)12-25-19(24)17-11-20-8-9-21-17/h6-11,13H,2-5,12H2,1H3,(H,22,23)/t13-/m1/s1. The summed E-state index contributed by atoms with van der Waals surface area (Å²) in [5, 5.41) is 2.86. The minimum absolute atomic E-state index is 0.0815. The number of carbonyl (C=O) groups excluding carboxylic acids is 2. The lowest BCUT2D eigenvalue weighted by Gasteiger charge is -2.20. The molecule has 6 nitrogen and oxygen atoms in total. The molecule has 6 heteroatoms. The molecule has 0 saturated heterocycles. The molecule has 1 aromatic heterocycles. The molecule has 0 bridgehead atoms. The molecule has 1 aliphatic rings. The van der Waals surface area contributed by atoms with Crippen LogP contribution >= 0.6 is 0 Å². The fourth-order valence-corrected chi connectivity index (χ4v) is 3.00. The molecule has 1 N–H and O–H groups in total. The van der Waals surface area contributed by atoms with Crippen molar-refractivity contribution in [3.8, 4) is 0 Å². The number of fused-ring (bicyclic) bond motifs is 1. The van der Waals surface area contributed by atoms with Gasteiger partial charge in [0.05, 0.1) is 12.2 Å². The molecule has 0 radical (unpaired) electrons. The van der Waals surface area contributed by atoms with Crippen LogP contribution in [0.15, 0.2) is 36.8 Å². The van der Waals surface area contributed by atoms with Crippen LogP contribution in [0.25, 0.3) is 0 Å². The number of nitrogens with zero attached hydrogens (tertiary/aromatic N) is 2. The predicted molar refractivity (Wildman–Crippen MR) is 92.0 cm³/mol. The van der Waals surface area contributed by atoms with E-state index in [2.05, 4.69) is 33.5 Å². The van der Waals surface area contributed by atoms with E-state index in [1.807, 2.05) is 6.92 Å². The second kappa shape index (κ2) is 7.88. The second-order valence-electron chi connectivity index (χ2n) is 6.19. The zero-order valence-electron chi connectivity index (χ0n) is 14.2. The zero-order valence-corrected chi connectivity index (χ0v) is 14.2. The second-order valence-corrected chi connectivity index (χ2v) is 6.19. The topological polar surface area (TPSA) is 81.2 Å². The lowest BCUT2D eigenvalue weighted by atomic mass is 9.89. The van der Waals surface area contributed by atoms with E-state index in [-0.39, 0.29) is 24.2 Å². The molecule has 25 heavy (non-hydrogen) atoms. The summed E-state index contributed by atoms with van der Waals surface area (Å²) in [6.45, 7) is 1.58. The van der Waals surface area contributed by atoms with Gasteiger partial charge in [-0.15, -0.1) is 0 Å². The Labute approximate surface area is 146 Å². The van der Waals surface area contributed by atoms with Gasteiger partial charge in [-0.2, -0.15) is 0 Å². The first-order valence-electron chi connectivity index (χ1n) is 8.47. The van der Waals surface area contributed by atoms with Crippen LogP contribution in [0.5, 0.6) is 0 Å². The zero-order chi connectivity index (χ0) is 17.6. The lowest BCUT2D eigenvalue weighted by molar-refractivity contribution is -0.124. The number of hydrogen-bond donors (Lipinski definition) is 1. The van der Waals surface area contributed by atoms with Gasteiger partial charge in [-0.25, -0.2) is 9.78 Å². The summed E-state index contributed by atoms with van der Waals surface area (Å²) in [6.07, 6.45) is 8.86. The molecular weight excluding hydrogens is 318 g/mol. The number of amides is 1. The van der Waals surface area contributed by atoms with E-state index < -0.39 is 5.97 Å². The molecule has 0 fully saturated rings. The summed E-state index contributed by atoms with van der Waals surface area (Å²) >= 11 is 0. The number of ether oxygens (including phenoxy) is 1. The van der Waals surface area contributed by atoms with Gasteiger partial charge in [0, 0.05) is 12.4 Å². The first-order chi connectivity index (χ1) is 12.1. The van der Waals surface area contributed by atoms with E-state index in [1.54, 1.807) is 0 Å². The van der Waals surface area contributed by atoms with Crippen molar-refractivity contribution in [2.75, 3.05) is 6.61 Å². The first kappa shape index (κ1) is 17.1. The fraction of sp³-hybridized carbons (Fsp3) is 0.368. The largest absolute Gasteiger partial charge is 0.451 e. The predicted octanol–water partition coefficient (Wildman–Crippen LogP) is 2.39. The Morgan fingerprint density at radius 2 is 2.00 bits per heavy atom. The minimum atomic E-state index is -0.662. The molecule has 3 rings (SSSR count). The molecule has 130 valence electrons. The summed E-state index contributed by atoms with van der Waals surface area (Å²) in [5.74, 6) is -1.01. The smallest absolute Gasteiger partial charge is 0.359 e. The molecule has 1 heterocycles. The third-order valence-electron chi connectivity index (χ3n) is 4.36. The number of aromatic nitrogens is 2. The van der Waals surface area contributed by atoms with Crippen LogP contribution in [0, 0.1) is 0 Å². The van der Waals surface area contributed by atoms with E-state index in [0.29, 0.717) is 0 Å². The van der Waals surface area contributed by atoms with Gasteiger partial charge in [0.15, 0.2) is 12.3 Å². The van der Waals surface area contributed by atoms with Gasteiger partial charge in [0.25, 0.3) is 5.91 Å². The Morgan fingerprint density at radius 1 is 1.20 bits per heavy atom. The molecular formula is C19H21N3O3. The van der Waals surface area contributed by atoms with Gasteiger partial charge in [-0.3, -0.25) is 9.78 Å². The summed E-state index contributed by atoms with van der Waals surface area (Å²) in [6, 6.07) is 6.24. The maximum atomic E-state index is 12.0. The molecule has 1 atom stereocenters. The number of hydrogen-bond acceptors (Lipinski definition) is 5. The Bertz CT molecular complexity index is 762. The van der Waals surface area contributed by atoms with Crippen molar-refractivity contribution in [3.05, 3.63) is 59.2 Å². The van der Waals surface area contributed by atoms with Gasteiger partial charge in [-0.05, 0) is 49.3 Å². The van der Waals surface area contributed by atoms with Crippen LogP contribution in [0.1, 0.15) is 53.0 Å². The van der Waals surface area contributed by atoms with E-state index in [1.165, 1.54) is 42.6 Å². The molecule has 2 aromatic rings. The highest BCUT2D eigenvalue weighted by atomic mass is 16.5. The van der Waals surface area contributed by atoms with Crippen LogP contribution < -0.4 is 5.32 Å².